The highest BCUT2D eigenvalue weighted by molar-refractivity contribution is 4.72. The normalized spacial score (nSPS) is 22.6. The molecule has 2 unspecified atom stereocenters. The minimum Gasteiger partial charge on any atom is -0.393 e. The summed E-state index contributed by atoms with van der Waals surface area (Å²) in [7, 11) is 0. The van der Waals surface area contributed by atoms with Gasteiger partial charge in [-0.05, 0) is 45.2 Å². The highest BCUT2D eigenvalue weighted by Gasteiger charge is 2.16. The molecule has 2 atom stereocenters. The Bertz CT molecular complexity index is 191. The summed E-state index contributed by atoms with van der Waals surface area (Å²) in [5.74, 6) is 0.764. The zero-order valence-corrected chi connectivity index (χ0v) is 11.8. The van der Waals surface area contributed by atoms with Crippen LogP contribution in [0.3, 0.4) is 0 Å². The van der Waals surface area contributed by atoms with Gasteiger partial charge in [-0.3, -0.25) is 0 Å². The lowest BCUT2D eigenvalue weighted by atomic mass is 10.0. The molecule has 1 aliphatic rings. The first-order valence-electron chi connectivity index (χ1n) is 7.27. The predicted octanol–water partition coefficient (Wildman–Crippen LogP) is 1.86. The Morgan fingerprint density at radius 3 is 2.53 bits per heavy atom. The van der Waals surface area contributed by atoms with Gasteiger partial charge in [0, 0.05) is 19.1 Å². The Kier molecular flexibility index (Phi) is 7.09. The van der Waals surface area contributed by atoms with Crippen molar-refractivity contribution < 1.29 is 5.11 Å². The van der Waals surface area contributed by atoms with Crippen molar-refractivity contribution >= 4 is 0 Å². The largest absolute Gasteiger partial charge is 0.393 e. The van der Waals surface area contributed by atoms with Crippen LogP contribution in [0.15, 0.2) is 0 Å². The topological polar surface area (TPSA) is 35.5 Å². The molecule has 1 heterocycles. The van der Waals surface area contributed by atoms with Crippen LogP contribution in [0.4, 0.5) is 0 Å². The van der Waals surface area contributed by atoms with Crippen molar-refractivity contribution in [2.45, 2.75) is 58.6 Å². The van der Waals surface area contributed by atoms with Crippen LogP contribution in [-0.2, 0) is 0 Å². The molecule has 1 saturated heterocycles. The number of rotatable bonds is 7. The van der Waals surface area contributed by atoms with Gasteiger partial charge in [0.2, 0.25) is 0 Å². The SMILES string of the molecule is CCC(C)C(C)NCCCN1CCC(O)CC1. The van der Waals surface area contributed by atoms with Gasteiger partial charge in [0.05, 0.1) is 6.10 Å². The second-order valence-corrected chi connectivity index (χ2v) is 5.55. The molecule has 0 aromatic rings. The van der Waals surface area contributed by atoms with Gasteiger partial charge in [0.15, 0.2) is 0 Å². The molecule has 0 aliphatic carbocycles. The second-order valence-electron chi connectivity index (χ2n) is 5.55. The van der Waals surface area contributed by atoms with Crippen LogP contribution in [0.2, 0.25) is 0 Å². The molecule has 0 saturated carbocycles. The van der Waals surface area contributed by atoms with Gasteiger partial charge in [-0.15, -0.1) is 0 Å². The Balaban J connectivity index is 2.00. The van der Waals surface area contributed by atoms with Crippen molar-refractivity contribution in [3.05, 3.63) is 0 Å². The number of aliphatic hydroxyl groups is 1. The molecule has 2 N–H and O–H groups in total. The molecule has 3 nitrogen and oxygen atoms in total. The van der Waals surface area contributed by atoms with E-state index in [1.54, 1.807) is 0 Å². The molecule has 1 rings (SSSR count). The summed E-state index contributed by atoms with van der Waals surface area (Å²) < 4.78 is 0. The predicted molar refractivity (Wildman–Crippen MR) is 73.2 cm³/mol. The van der Waals surface area contributed by atoms with Gasteiger partial charge < -0.3 is 15.3 Å². The highest BCUT2D eigenvalue weighted by atomic mass is 16.3. The van der Waals surface area contributed by atoms with Crippen LogP contribution in [0.1, 0.15) is 46.5 Å². The van der Waals surface area contributed by atoms with Gasteiger partial charge in [-0.25, -0.2) is 0 Å². The standard InChI is InChI=1S/C14H30N2O/c1-4-12(2)13(3)15-8-5-9-16-10-6-14(17)7-11-16/h12-15,17H,4-11H2,1-3H3. The maximum absolute atomic E-state index is 9.42. The molecule has 102 valence electrons. The highest BCUT2D eigenvalue weighted by Crippen LogP contribution is 2.10. The van der Waals surface area contributed by atoms with Gasteiger partial charge in [-0.2, -0.15) is 0 Å². The fourth-order valence-corrected chi connectivity index (χ4v) is 2.33. The van der Waals surface area contributed by atoms with E-state index in [2.05, 4.69) is 31.0 Å². The third kappa shape index (κ3) is 5.84. The van der Waals surface area contributed by atoms with Crippen molar-refractivity contribution in [2.75, 3.05) is 26.2 Å². The van der Waals surface area contributed by atoms with Crippen molar-refractivity contribution in [3.8, 4) is 0 Å². The van der Waals surface area contributed by atoms with Crippen molar-refractivity contribution in [2.24, 2.45) is 5.92 Å². The van der Waals surface area contributed by atoms with E-state index in [0.717, 1.165) is 38.4 Å². The quantitative estimate of drug-likeness (QED) is 0.669. The number of piperidine rings is 1. The number of nitrogens with zero attached hydrogens (tertiary/aromatic N) is 1. The van der Waals surface area contributed by atoms with Gasteiger partial charge in [0.25, 0.3) is 0 Å². The zero-order chi connectivity index (χ0) is 12.7. The molecule has 0 aromatic heterocycles. The summed E-state index contributed by atoms with van der Waals surface area (Å²) in [6.45, 7) is 11.3. The number of hydrogen-bond donors (Lipinski definition) is 2. The van der Waals surface area contributed by atoms with E-state index in [-0.39, 0.29) is 6.10 Å². The summed E-state index contributed by atoms with van der Waals surface area (Å²) in [6, 6.07) is 0.628. The first kappa shape index (κ1) is 14.9. The van der Waals surface area contributed by atoms with Crippen LogP contribution in [0.5, 0.6) is 0 Å². The van der Waals surface area contributed by atoms with Crippen molar-refractivity contribution in [1.29, 1.82) is 0 Å². The average Bonchev–Trinajstić information content (AvgIpc) is 2.35. The van der Waals surface area contributed by atoms with Crippen LogP contribution in [0.25, 0.3) is 0 Å². The van der Waals surface area contributed by atoms with Crippen LogP contribution in [-0.4, -0.2) is 48.3 Å². The molecule has 0 aromatic carbocycles. The van der Waals surface area contributed by atoms with E-state index in [1.165, 1.54) is 19.4 Å². The molecular weight excluding hydrogens is 212 g/mol. The van der Waals surface area contributed by atoms with Crippen LogP contribution in [0, 0.1) is 5.92 Å². The lowest BCUT2D eigenvalue weighted by Gasteiger charge is -2.29. The maximum atomic E-state index is 9.42. The van der Waals surface area contributed by atoms with E-state index in [4.69, 9.17) is 0 Å². The van der Waals surface area contributed by atoms with Gasteiger partial charge >= 0.3 is 0 Å². The molecule has 3 heteroatoms. The first-order chi connectivity index (χ1) is 8.13. The van der Waals surface area contributed by atoms with Crippen molar-refractivity contribution in [3.63, 3.8) is 0 Å². The summed E-state index contributed by atoms with van der Waals surface area (Å²) in [5, 5.41) is 13.0. The number of hydrogen-bond acceptors (Lipinski definition) is 3. The van der Waals surface area contributed by atoms with E-state index in [9.17, 15) is 5.11 Å². The molecule has 0 spiro atoms. The molecule has 0 bridgehead atoms. The molecule has 1 fully saturated rings. The van der Waals surface area contributed by atoms with E-state index in [0.29, 0.717) is 6.04 Å². The Morgan fingerprint density at radius 2 is 1.94 bits per heavy atom. The van der Waals surface area contributed by atoms with E-state index < -0.39 is 0 Å². The lowest BCUT2D eigenvalue weighted by molar-refractivity contribution is 0.0819. The fourth-order valence-electron chi connectivity index (χ4n) is 2.33. The second kappa shape index (κ2) is 8.06. The third-order valence-electron chi connectivity index (χ3n) is 4.17. The average molecular weight is 242 g/mol. The fraction of sp³-hybridized carbons (Fsp3) is 1.00. The molecule has 0 amide bonds. The van der Waals surface area contributed by atoms with E-state index in [1.807, 2.05) is 0 Å². The van der Waals surface area contributed by atoms with Crippen molar-refractivity contribution in [1.82, 2.24) is 10.2 Å². The van der Waals surface area contributed by atoms with Gasteiger partial charge in [0.1, 0.15) is 0 Å². The molecular formula is C14H30N2O. The summed E-state index contributed by atoms with van der Waals surface area (Å²) >= 11 is 0. The first-order valence-corrected chi connectivity index (χ1v) is 7.27. The molecule has 1 aliphatic heterocycles. The summed E-state index contributed by atoms with van der Waals surface area (Å²) in [6.07, 6.45) is 4.33. The number of aliphatic hydroxyl groups excluding tert-OH is 1. The third-order valence-corrected chi connectivity index (χ3v) is 4.17. The Labute approximate surface area is 107 Å². The molecule has 17 heavy (non-hydrogen) atoms. The molecule has 0 radical (unpaired) electrons. The Morgan fingerprint density at radius 1 is 1.29 bits per heavy atom. The minimum absolute atomic E-state index is 0.0465. The summed E-state index contributed by atoms with van der Waals surface area (Å²) in [5.41, 5.74) is 0. The Hall–Kier alpha value is -0.120. The van der Waals surface area contributed by atoms with E-state index >= 15 is 0 Å². The number of likely N-dealkylation sites (tertiary alicyclic amines) is 1. The smallest absolute Gasteiger partial charge is 0.0564 e. The van der Waals surface area contributed by atoms with Gasteiger partial charge in [-0.1, -0.05) is 20.3 Å². The summed E-state index contributed by atoms with van der Waals surface area (Å²) in [4.78, 5) is 2.47. The maximum Gasteiger partial charge on any atom is 0.0564 e. The number of nitrogens with one attached hydrogen (secondary N) is 1. The van der Waals surface area contributed by atoms with Crippen LogP contribution < -0.4 is 5.32 Å². The van der Waals surface area contributed by atoms with Crippen LogP contribution >= 0.6 is 0 Å². The lowest BCUT2D eigenvalue weighted by Crippen LogP contribution is -2.38. The minimum atomic E-state index is -0.0465. The zero-order valence-electron chi connectivity index (χ0n) is 11.8. The monoisotopic (exact) mass is 242 g/mol.